The summed E-state index contributed by atoms with van der Waals surface area (Å²) < 4.78 is 15.9. The first-order valence-electron chi connectivity index (χ1n) is 9.29. The Bertz CT molecular complexity index is 1180. The van der Waals surface area contributed by atoms with E-state index in [9.17, 15) is 4.39 Å². The highest BCUT2D eigenvalue weighted by Gasteiger charge is 2.20. The van der Waals surface area contributed by atoms with E-state index < -0.39 is 0 Å². The molecule has 1 aromatic carbocycles. The Hall–Kier alpha value is -2.79. The first kappa shape index (κ1) is 18.3. The maximum absolute atomic E-state index is 13.4. The number of fused-ring (bicyclic) bond motifs is 2. The van der Waals surface area contributed by atoms with Gasteiger partial charge >= 0.3 is 0 Å². The van der Waals surface area contributed by atoms with Crippen LogP contribution in [0.3, 0.4) is 0 Å². The van der Waals surface area contributed by atoms with E-state index in [4.69, 9.17) is 4.98 Å². The van der Waals surface area contributed by atoms with Crippen molar-refractivity contribution in [1.29, 1.82) is 0 Å². The Morgan fingerprint density at radius 2 is 2.00 bits per heavy atom. The van der Waals surface area contributed by atoms with Crippen LogP contribution in [-0.2, 0) is 6.54 Å². The van der Waals surface area contributed by atoms with Crippen molar-refractivity contribution in [1.82, 2.24) is 34.4 Å². The molecule has 29 heavy (non-hydrogen) atoms. The van der Waals surface area contributed by atoms with Gasteiger partial charge in [0.1, 0.15) is 11.6 Å². The average molecular weight is 460 g/mol. The van der Waals surface area contributed by atoms with Crippen LogP contribution >= 0.6 is 15.9 Å². The molecule has 5 rings (SSSR count). The van der Waals surface area contributed by atoms with Gasteiger partial charge in [-0.15, -0.1) is 0 Å². The summed E-state index contributed by atoms with van der Waals surface area (Å²) in [5.74, 6) is 1.62. The third-order valence-electron chi connectivity index (χ3n) is 5.01. The highest BCUT2D eigenvalue weighted by atomic mass is 79.9. The maximum Gasteiger partial charge on any atom is 0.230 e. The number of nitrogens with zero attached hydrogens (tertiary/aromatic N) is 7. The standard InChI is InChI=1S/C18H19BrFN9/c1-27-4-6-28(7-5-27)18-25-16-12(19)9-22-29(16)17(26-18)21-10-15-23-13-3-2-11(20)8-14(13)24-15/h2-3,8-9H,4-7,10H2,1H3,(H,23,24)(H,21,25,26). The lowest BCUT2D eigenvalue weighted by Crippen LogP contribution is -2.45. The number of H-pyrrole nitrogens is 1. The predicted molar refractivity (Wildman–Crippen MR) is 112 cm³/mol. The molecular weight excluding hydrogens is 441 g/mol. The van der Waals surface area contributed by atoms with Crippen LogP contribution in [0.1, 0.15) is 5.82 Å². The van der Waals surface area contributed by atoms with Gasteiger partial charge in [-0.05, 0) is 35.1 Å². The second kappa shape index (κ2) is 7.23. The monoisotopic (exact) mass is 459 g/mol. The van der Waals surface area contributed by atoms with E-state index in [2.05, 4.69) is 58.1 Å². The SMILES string of the molecule is CN1CCN(c2nc(NCc3nc4cc(F)ccc4[nH]3)n3ncc(Br)c3n2)CC1. The molecule has 11 heteroatoms. The zero-order valence-corrected chi connectivity index (χ0v) is 17.3. The zero-order chi connectivity index (χ0) is 20.0. The average Bonchev–Trinajstić information content (AvgIpc) is 3.29. The molecule has 1 aliphatic rings. The Morgan fingerprint density at radius 3 is 2.83 bits per heavy atom. The molecule has 0 saturated carbocycles. The minimum absolute atomic E-state index is 0.306. The van der Waals surface area contributed by atoms with Crippen molar-refractivity contribution in [3.8, 4) is 0 Å². The van der Waals surface area contributed by atoms with Gasteiger partial charge in [-0.2, -0.15) is 19.6 Å². The lowest BCUT2D eigenvalue weighted by molar-refractivity contribution is 0.311. The molecule has 9 nitrogen and oxygen atoms in total. The first-order chi connectivity index (χ1) is 14.1. The normalized spacial score (nSPS) is 15.5. The summed E-state index contributed by atoms with van der Waals surface area (Å²) in [6.45, 7) is 4.06. The quantitative estimate of drug-likeness (QED) is 0.483. The lowest BCUT2D eigenvalue weighted by Gasteiger charge is -2.32. The number of imidazole rings is 1. The fourth-order valence-corrected chi connectivity index (χ4v) is 3.73. The van der Waals surface area contributed by atoms with Gasteiger partial charge in [0.2, 0.25) is 11.9 Å². The summed E-state index contributed by atoms with van der Waals surface area (Å²) in [5, 5.41) is 7.64. The minimum Gasteiger partial charge on any atom is -0.347 e. The number of benzene rings is 1. The molecule has 1 saturated heterocycles. The van der Waals surface area contributed by atoms with Crippen molar-refractivity contribution in [2.24, 2.45) is 0 Å². The van der Waals surface area contributed by atoms with Crippen molar-refractivity contribution in [2.75, 3.05) is 43.4 Å². The van der Waals surface area contributed by atoms with E-state index in [1.54, 1.807) is 16.8 Å². The summed E-state index contributed by atoms with van der Waals surface area (Å²) in [5.41, 5.74) is 2.08. The van der Waals surface area contributed by atoms with Gasteiger partial charge in [0.05, 0.1) is 28.2 Å². The van der Waals surface area contributed by atoms with Crippen LogP contribution in [0.2, 0.25) is 0 Å². The number of nitrogens with one attached hydrogen (secondary N) is 2. The Balaban J connectivity index is 1.44. The predicted octanol–water partition coefficient (Wildman–Crippen LogP) is 2.27. The van der Waals surface area contributed by atoms with E-state index in [1.165, 1.54) is 12.1 Å². The molecule has 4 aromatic rings. The summed E-state index contributed by atoms with van der Waals surface area (Å²) in [6, 6.07) is 4.50. The topological polar surface area (TPSA) is 90.3 Å². The fourth-order valence-electron chi connectivity index (χ4n) is 3.38. The van der Waals surface area contributed by atoms with Crippen LogP contribution in [-0.4, -0.2) is 67.7 Å². The van der Waals surface area contributed by atoms with Gasteiger partial charge in [-0.25, -0.2) is 9.37 Å². The summed E-state index contributed by atoms with van der Waals surface area (Å²) in [7, 11) is 2.11. The number of aromatic nitrogens is 6. The molecule has 0 amide bonds. The number of hydrogen-bond donors (Lipinski definition) is 2. The largest absolute Gasteiger partial charge is 0.347 e. The molecule has 4 heterocycles. The molecule has 2 N–H and O–H groups in total. The molecule has 0 atom stereocenters. The number of rotatable bonds is 4. The molecule has 0 unspecified atom stereocenters. The lowest BCUT2D eigenvalue weighted by atomic mass is 10.3. The second-order valence-corrected chi connectivity index (χ2v) is 7.92. The van der Waals surface area contributed by atoms with E-state index in [-0.39, 0.29) is 5.82 Å². The number of hydrogen-bond acceptors (Lipinski definition) is 7. The molecule has 0 bridgehead atoms. The van der Waals surface area contributed by atoms with Crippen molar-refractivity contribution in [2.45, 2.75) is 6.54 Å². The third kappa shape index (κ3) is 3.51. The van der Waals surface area contributed by atoms with E-state index in [0.29, 0.717) is 35.4 Å². The van der Waals surface area contributed by atoms with Gasteiger partial charge in [-0.1, -0.05) is 0 Å². The van der Waals surface area contributed by atoms with Crippen LogP contribution in [0.25, 0.3) is 16.7 Å². The van der Waals surface area contributed by atoms with E-state index in [0.717, 1.165) is 36.2 Å². The molecule has 150 valence electrons. The Morgan fingerprint density at radius 1 is 1.17 bits per heavy atom. The molecule has 0 radical (unpaired) electrons. The molecular formula is C18H19BrFN9. The van der Waals surface area contributed by atoms with Crippen LogP contribution in [0.5, 0.6) is 0 Å². The van der Waals surface area contributed by atoms with Crippen molar-refractivity contribution in [3.05, 3.63) is 40.5 Å². The molecule has 0 spiro atoms. The highest BCUT2D eigenvalue weighted by Crippen LogP contribution is 2.22. The number of likely N-dealkylation sites (N-methyl/N-ethyl adjacent to an activating group) is 1. The summed E-state index contributed by atoms with van der Waals surface area (Å²) in [4.78, 5) is 21.5. The number of aromatic amines is 1. The Labute approximate surface area is 174 Å². The molecule has 3 aromatic heterocycles. The van der Waals surface area contributed by atoms with Gasteiger partial charge in [-0.3, -0.25) is 0 Å². The molecule has 1 fully saturated rings. The zero-order valence-electron chi connectivity index (χ0n) is 15.7. The van der Waals surface area contributed by atoms with Crippen LogP contribution in [0, 0.1) is 5.82 Å². The second-order valence-electron chi connectivity index (χ2n) is 7.06. The Kier molecular flexibility index (Phi) is 4.55. The molecule has 1 aliphatic heterocycles. The smallest absolute Gasteiger partial charge is 0.230 e. The van der Waals surface area contributed by atoms with Crippen LogP contribution in [0.4, 0.5) is 16.3 Å². The highest BCUT2D eigenvalue weighted by molar-refractivity contribution is 9.10. The number of anilines is 2. The van der Waals surface area contributed by atoms with Crippen LogP contribution in [0.15, 0.2) is 28.9 Å². The summed E-state index contributed by atoms with van der Waals surface area (Å²) >= 11 is 3.51. The van der Waals surface area contributed by atoms with Gasteiger partial charge in [0, 0.05) is 32.2 Å². The minimum atomic E-state index is -0.306. The van der Waals surface area contributed by atoms with Crippen molar-refractivity contribution >= 4 is 44.5 Å². The summed E-state index contributed by atoms with van der Waals surface area (Å²) in [6.07, 6.45) is 1.70. The first-order valence-corrected chi connectivity index (χ1v) is 10.1. The van der Waals surface area contributed by atoms with Gasteiger partial charge in [0.25, 0.3) is 0 Å². The number of piperazine rings is 1. The van der Waals surface area contributed by atoms with E-state index >= 15 is 0 Å². The van der Waals surface area contributed by atoms with Gasteiger partial charge in [0.15, 0.2) is 5.65 Å². The van der Waals surface area contributed by atoms with Crippen LogP contribution < -0.4 is 10.2 Å². The fraction of sp³-hybridized carbons (Fsp3) is 0.333. The number of halogens is 2. The van der Waals surface area contributed by atoms with Crippen molar-refractivity contribution < 1.29 is 4.39 Å². The van der Waals surface area contributed by atoms with E-state index in [1.807, 2.05) is 0 Å². The molecule has 0 aliphatic carbocycles. The van der Waals surface area contributed by atoms with Crippen molar-refractivity contribution in [3.63, 3.8) is 0 Å². The maximum atomic E-state index is 13.4. The van der Waals surface area contributed by atoms with Gasteiger partial charge < -0.3 is 20.1 Å². The third-order valence-corrected chi connectivity index (χ3v) is 5.57.